The molecule has 7 nitrogen and oxygen atoms in total. The predicted octanol–water partition coefficient (Wildman–Crippen LogP) is 2.13. The van der Waals surface area contributed by atoms with Crippen molar-refractivity contribution in [2.75, 3.05) is 13.7 Å². The maximum Gasteiger partial charge on any atom is 0.335 e. The lowest BCUT2D eigenvalue weighted by Crippen LogP contribution is -2.43. The fourth-order valence-corrected chi connectivity index (χ4v) is 5.06. The maximum absolute atomic E-state index is 13.0. The van der Waals surface area contributed by atoms with Crippen LogP contribution in [0.15, 0.2) is 29.2 Å². The van der Waals surface area contributed by atoms with E-state index in [1.54, 1.807) is 6.92 Å². The quantitative estimate of drug-likeness (QED) is 0.771. The zero-order chi connectivity index (χ0) is 18.6. The summed E-state index contributed by atoms with van der Waals surface area (Å²) in [5, 5.41) is 9.07. The molecular formula is C17H23NO6S. The summed E-state index contributed by atoms with van der Waals surface area (Å²) >= 11 is 0. The van der Waals surface area contributed by atoms with Crippen molar-refractivity contribution in [1.29, 1.82) is 0 Å². The number of hydrogen-bond acceptors (Lipinski definition) is 5. The second kappa shape index (κ2) is 7.97. The molecule has 1 fully saturated rings. The number of hydrogen-bond donors (Lipinski definition) is 1. The van der Waals surface area contributed by atoms with E-state index in [4.69, 9.17) is 9.84 Å². The molecule has 25 heavy (non-hydrogen) atoms. The monoisotopic (exact) mass is 369 g/mol. The maximum atomic E-state index is 13.0. The number of rotatable bonds is 6. The first-order valence-electron chi connectivity index (χ1n) is 8.24. The Hall–Kier alpha value is -1.93. The van der Waals surface area contributed by atoms with Crippen LogP contribution in [0.3, 0.4) is 0 Å². The molecule has 0 unspecified atom stereocenters. The van der Waals surface area contributed by atoms with Crippen molar-refractivity contribution in [2.24, 2.45) is 5.92 Å². The van der Waals surface area contributed by atoms with Crippen molar-refractivity contribution < 1.29 is 27.9 Å². The van der Waals surface area contributed by atoms with E-state index in [2.05, 4.69) is 0 Å². The lowest BCUT2D eigenvalue weighted by atomic mass is 9.86. The van der Waals surface area contributed by atoms with Gasteiger partial charge in [0.15, 0.2) is 0 Å². The third-order valence-corrected chi connectivity index (χ3v) is 6.66. The van der Waals surface area contributed by atoms with E-state index in [0.717, 1.165) is 0 Å². The minimum atomic E-state index is -3.80. The molecule has 1 N–H and O–H groups in total. The first-order valence-corrected chi connectivity index (χ1v) is 9.68. The number of benzene rings is 1. The van der Waals surface area contributed by atoms with Crippen molar-refractivity contribution in [2.45, 2.75) is 43.5 Å². The van der Waals surface area contributed by atoms with E-state index in [9.17, 15) is 18.0 Å². The predicted molar refractivity (Wildman–Crippen MR) is 90.7 cm³/mol. The molecule has 138 valence electrons. The fourth-order valence-electron chi connectivity index (χ4n) is 3.32. The fraction of sp³-hybridized carbons (Fsp3) is 0.529. The van der Waals surface area contributed by atoms with Crippen LogP contribution in [0, 0.1) is 5.92 Å². The van der Waals surface area contributed by atoms with Crippen LogP contribution in [0.5, 0.6) is 0 Å². The molecule has 0 bridgehead atoms. The molecule has 0 atom stereocenters. The zero-order valence-electron chi connectivity index (χ0n) is 14.3. The Morgan fingerprint density at radius 2 is 1.88 bits per heavy atom. The molecule has 1 saturated carbocycles. The molecule has 0 heterocycles. The number of carbonyl (C=O) groups excluding carboxylic acids is 1. The molecule has 0 aromatic heterocycles. The van der Waals surface area contributed by atoms with Crippen LogP contribution in [0.4, 0.5) is 0 Å². The smallest absolute Gasteiger partial charge is 0.335 e. The molecule has 1 aromatic carbocycles. The topological polar surface area (TPSA) is 101 Å². The number of methoxy groups -OCH3 is 1. The standard InChI is InChI=1S/C17H23NO6S/c1-3-18(14-9-7-12(8-10-14)17(21)24-2)25(22,23)15-6-4-5-13(11-15)16(19)20/h4-6,11-12,14H,3,7-10H2,1-2H3,(H,19,20)/t12-,14-. The van der Waals surface area contributed by atoms with Gasteiger partial charge in [-0.15, -0.1) is 0 Å². The Kier molecular flexibility index (Phi) is 6.18. The molecule has 0 aliphatic heterocycles. The Labute approximate surface area is 147 Å². The van der Waals surface area contributed by atoms with Gasteiger partial charge < -0.3 is 9.84 Å². The highest BCUT2D eigenvalue weighted by Gasteiger charge is 2.35. The highest BCUT2D eigenvalue weighted by atomic mass is 32.2. The summed E-state index contributed by atoms with van der Waals surface area (Å²) < 4.78 is 32.1. The third-order valence-electron chi connectivity index (χ3n) is 4.64. The summed E-state index contributed by atoms with van der Waals surface area (Å²) in [6.07, 6.45) is 2.31. The number of nitrogens with zero attached hydrogens (tertiary/aromatic N) is 1. The van der Waals surface area contributed by atoms with Crippen LogP contribution in [-0.4, -0.2) is 49.5 Å². The average molecular weight is 369 g/mol. The van der Waals surface area contributed by atoms with Crippen LogP contribution in [-0.2, 0) is 19.6 Å². The van der Waals surface area contributed by atoms with Crippen molar-refractivity contribution in [1.82, 2.24) is 4.31 Å². The van der Waals surface area contributed by atoms with Gasteiger partial charge >= 0.3 is 11.9 Å². The number of carbonyl (C=O) groups is 2. The minimum Gasteiger partial charge on any atom is -0.478 e. The average Bonchev–Trinajstić information content (AvgIpc) is 2.62. The number of ether oxygens (including phenoxy) is 1. The van der Waals surface area contributed by atoms with Gasteiger partial charge in [-0.1, -0.05) is 13.0 Å². The van der Waals surface area contributed by atoms with Gasteiger partial charge in [0.2, 0.25) is 10.0 Å². The molecule has 1 aromatic rings. The Bertz CT molecular complexity index is 737. The number of esters is 1. The van der Waals surface area contributed by atoms with Crippen LogP contribution < -0.4 is 0 Å². The summed E-state index contributed by atoms with van der Waals surface area (Å²) in [7, 11) is -2.44. The highest BCUT2D eigenvalue weighted by molar-refractivity contribution is 7.89. The Balaban J connectivity index is 2.21. The van der Waals surface area contributed by atoms with Crippen molar-refractivity contribution in [3.63, 3.8) is 0 Å². The second-order valence-electron chi connectivity index (χ2n) is 6.07. The molecular weight excluding hydrogens is 346 g/mol. The number of carboxylic acid groups (broad SMARTS) is 1. The van der Waals surface area contributed by atoms with Crippen molar-refractivity contribution >= 4 is 22.0 Å². The van der Waals surface area contributed by atoms with E-state index in [0.29, 0.717) is 25.7 Å². The van der Waals surface area contributed by atoms with Gasteiger partial charge in [-0.05, 0) is 43.9 Å². The molecule has 0 radical (unpaired) electrons. The minimum absolute atomic E-state index is 0.0238. The Morgan fingerprint density at radius 1 is 1.24 bits per heavy atom. The molecule has 0 saturated heterocycles. The molecule has 8 heteroatoms. The van der Waals surface area contributed by atoms with Crippen LogP contribution in [0.25, 0.3) is 0 Å². The van der Waals surface area contributed by atoms with E-state index < -0.39 is 16.0 Å². The largest absolute Gasteiger partial charge is 0.478 e. The summed E-state index contributed by atoms with van der Waals surface area (Å²) in [6.45, 7) is 2.04. The number of carboxylic acids is 1. The third kappa shape index (κ3) is 4.19. The normalized spacial score (nSPS) is 21.1. The molecule has 2 rings (SSSR count). The van der Waals surface area contributed by atoms with Gasteiger partial charge in [0.1, 0.15) is 0 Å². The van der Waals surface area contributed by atoms with Gasteiger partial charge in [-0.2, -0.15) is 4.31 Å². The van der Waals surface area contributed by atoms with Gasteiger partial charge in [0.25, 0.3) is 0 Å². The SMILES string of the molecule is CCN([C@H]1CC[C@H](C(=O)OC)CC1)S(=O)(=O)c1cccc(C(=O)O)c1. The molecule has 1 aliphatic carbocycles. The summed E-state index contributed by atoms with van der Waals surface area (Å²) in [5.41, 5.74) is -0.0634. The van der Waals surface area contributed by atoms with Crippen molar-refractivity contribution in [3.05, 3.63) is 29.8 Å². The zero-order valence-corrected chi connectivity index (χ0v) is 15.2. The molecule has 1 aliphatic rings. The molecule has 0 spiro atoms. The second-order valence-corrected chi connectivity index (χ2v) is 7.96. The van der Waals surface area contributed by atoms with Crippen molar-refractivity contribution in [3.8, 4) is 0 Å². The lowest BCUT2D eigenvalue weighted by Gasteiger charge is -2.34. The van der Waals surface area contributed by atoms with Gasteiger partial charge in [-0.25, -0.2) is 13.2 Å². The Morgan fingerprint density at radius 3 is 2.40 bits per heavy atom. The first kappa shape index (κ1) is 19.4. The van der Waals surface area contributed by atoms with E-state index in [1.807, 2.05) is 0 Å². The van der Waals surface area contributed by atoms with E-state index >= 15 is 0 Å². The van der Waals surface area contributed by atoms with Gasteiger partial charge in [0, 0.05) is 12.6 Å². The lowest BCUT2D eigenvalue weighted by molar-refractivity contribution is -0.146. The highest BCUT2D eigenvalue weighted by Crippen LogP contribution is 2.31. The van der Waals surface area contributed by atoms with Crippen LogP contribution in [0.2, 0.25) is 0 Å². The van der Waals surface area contributed by atoms with E-state index in [-0.39, 0.29) is 34.9 Å². The summed E-state index contributed by atoms with van der Waals surface area (Å²) in [6, 6.07) is 5.17. The first-order chi connectivity index (χ1) is 11.8. The van der Waals surface area contributed by atoms with Crippen LogP contribution in [0.1, 0.15) is 43.0 Å². The number of aromatic carboxylic acids is 1. The van der Waals surface area contributed by atoms with Gasteiger partial charge in [-0.3, -0.25) is 4.79 Å². The summed E-state index contributed by atoms with van der Waals surface area (Å²) in [4.78, 5) is 22.7. The van der Waals surface area contributed by atoms with E-state index in [1.165, 1.54) is 35.7 Å². The summed E-state index contributed by atoms with van der Waals surface area (Å²) in [5.74, 6) is -1.60. The van der Waals surface area contributed by atoms with Crippen LogP contribution >= 0.6 is 0 Å². The molecule has 0 amide bonds. The van der Waals surface area contributed by atoms with Gasteiger partial charge in [0.05, 0.1) is 23.5 Å². The number of sulfonamides is 1.